The van der Waals surface area contributed by atoms with Crippen LogP contribution in [0.3, 0.4) is 0 Å². The summed E-state index contributed by atoms with van der Waals surface area (Å²) in [4.78, 5) is 16.2. The second-order valence-corrected chi connectivity index (χ2v) is 5.94. The minimum Gasteiger partial charge on any atom is -0.333 e. The molecule has 90 valence electrons. The van der Waals surface area contributed by atoms with E-state index in [2.05, 4.69) is 13.0 Å². The van der Waals surface area contributed by atoms with Crippen molar-refractivity contribution in [1.29, 1.82) is 0 Å². The fraction of sp³-hybridized carbons (Fsp3) is 0.308. The topological polar surface area (TPSA) is 20.3 Å². The van der Waals surface area contributed by atoms with Crippen molar-refractivity contribution in [3.05, 3.63) is 44.3 Å². The lowest BCUT2D eigenvalue weighted by Gasteiger charge is -2.23. The van der Waals surface area contributed by atoms with Gasteiger partial charge in [-0.15, -0.1) is 22.7 Å². The minimum atomic E-state index is 0.110. The number of thiophene rings is 2. The number of amides is 1. The Balaban J connectivity index is 2.18. The minimum absolute atomic E-state index is 0.110. The van der Waals surface area contributed by atoms with E-state index >= 15 is 0 Å². The molecule has 2 nitrogen and oxygen atoms in total. The highest BCUT2D eigenvalue weighted by atomic mass is 32.1. The van der Waals surface area contributed by atoms with Crippen molar-refractivity contribution < 1.29 is 4.79 Å². The average molecular weight is 265 g/mol. The Labute approximate surface area is 110 Å². The Morgan fingerprint density at radius 3 is 2.59 bits per heavy atom. The molecule has 17 heavy (non-hydrogen) atoms. The number of carbonyl (C=O) groups is 1. The summed E-state index contributed by atoms with van der Waals surface area (Å²) in [6.45, 7) is 4.04. The molecule has 0 fully saturated rings. The second kappa shape index (κ2) is 5.02. The van der Waals surface area contributed by atoms with E-state index < -0.39 is 0 Å². The molecule has 0 radical (unpaired) electrons. The molecule has 0 aliphatic heterocycles. The maximum atomic E-state index is 12.3. The number of nitrogens with zero attached hydrogens (tertiary/aromatic N) is 1. The van der Waals surface area contributed by atoms with Gasteiger partial charge in [-0.3, -0.25) is 4.79 Å². The zero-order valence-electron chi connectivity index (χ0n) is 10.1. The van der Waals surface area contributed by atoms with Crippen LogP contribution >= 0.6 is 22.7 Å². The Morgan fingerprint density at radius 2 is 2.06 bits per heavy atom. The molecule has 0 bridgehead atoms. The molecule has 0 N–H and O–H groups in total. The number of hydrogen-bond acceptors (Lipinski definition) is 3. The summed E-state index contributed by atoms with van der Waals surface area (Å²) in [5.74, 6) is 0.110. The van der Waals surface area contributed by atoms with Crippen molar-refractivity contribution in [2.45, 2.75) is 19.9 Å². The van der Waals surface area contributed by atoms with Gasteiger partial charge >= 0.3 is 0 Å². The van der Waals surface area contributed by atoms with Crippen molar-refractivity contribution >= 4 is 28.6 Å². The molecular weight excluding hydrogens is 250 g/mol. The third-order valence-corrected chi connectivity index (χ3v) is 4.96. The average Bonchev–Trinajstić information content (AvgIpc) is 2.96. The SMILES string of the molecule is Cc1ccsc1C(=O)N(C)C(C)c1cccs1. The fourth-order valence-electron chi connectivity index (χ4n) is 1.65. The van der Waals surface area contributed by atoms with E-state index in [-0.39, 0.29) is 11.9 Å². The van der Waals surface area contributed by atoms with E-state index in [4.69, 9.17) is 0 Å². The molecule has 4 heteroatoms. The summed E-state index contributed by atoms with van der Waals surface area (Å²) in [5, 5.41) is 4.01. The van der Waals surface area contributed by atoms with E-state index in [1.54, 1.807) is 11.3 Å². The molecule has 1 unspecified atom stereocenters. The summed E-state index contributed by atoms with van der Waals surface area (Å²) in [6, 6.07) is 6.21. The lowest BCUT2D eigenvalue weighted by molar-refractivity contribution is 0.0749. The van der Waals surface area contributed by atoms with Crippen LogP contribution in [0.2, 0.25) is 0 Å². The highest BCUT2D eigenvalue weighted by molar-refractivity contribution is 7.12. The monoisotopic (exact) mass is 265 g/mol. The molecule has 0 aromatic carbocycles. The van der Waals surface area contributed by atoms with Crippen LogP contribution in [0.1, 0.15) is 33.1 Å². The first kappa shape index (κ1) is 12.3. The molecule has 2 aromatic rings. The van der Waals surface area contributed by atoms with Crippen molar-refractivity contribution in [1.82, 2.24) is 4.90 Å². The molecule has 0 spiro atoms. The molecule has 0 saturated heterocycles. The zero-order chi connectivity index (χ0) is 12.4. The molecule has 0 saturated carbocycles. The third kappa shape index (κ3) is 2.42. The largest absolute Gasteiger partial charge is 0.333 e. The quantitative estimate of drug-likeness (QED) is 0.823. The molecular formula is C13H15NOS2. The molecule has 1 amide bonds. The maximum Gasteiger partial charge on any atom is 0.264 e. The summed E-state index contributed by atoms with van der Waals surface area (Å²) >= 11 is 3.20. The van der Waals surface area contributed by atoms with Gasteiger partial charge in [0.25, 0.3) is 5.91 Å². The first-order valence-corrected chi connectivity index (χ1v) is 7.22. The lowest BCUT2D eigenvalue weighted by atomic mass is 10.2. The first-order chi connectivity index (χ1) is 8.11. The van der Waals surface area contributed by atoms with Crippen LogP contribution in [0.15, 0.2) is 29.0 Å². The van der Waals surface area contributed by atoms with Crippen molar-refractivity contribution in [2.24, 2.45) is 0 Å². The smallest absolute Gasteiger partial charge is 0.264 e. The van der Waals surface area contributed by atoms with Gasteiger partial charge in [-0.25, -0.2) is 0 Å². The molecule has 2 aromatic heterocycles. The van der Waals surface area contributed by atoms with Crippen LogP contribution < -0.4 is 0 Å². The van der Waals surface area contributed by atoms with E-state index in [0.717, 1.165) is 10.4 Å². The van der Waals surface area contributed by atoms with Gasteiger partial charge in [-0.1, -0.05) is 6.07 Å². The zero-order valence-corrected chi connectivity index (χ0v) is 11.8. The maximum absolute atomic E-state index is 12.3. The first-order valence-electron chi connectivity index (χ1n) is 5.46. The van der Waals surface area contributed by atoms with Gasteiger partial charge in [0.1, 0.15) is 0 Å². The predicted molar refractivity (Wildman–Crippen MR) is 73.9 cm³/mol. The van der Waals surface area contributed by atoms with Crippen LogP contribution in [-0.2, 0) is 0 Å². The predicted octanol–water partition coefficient (Wildman–Crippen LogP) is 3.95. The Morgan fingerprint density at radius 1 is 1.29 bits per heavy atom. The lowest BCUT2D eigenvalue weighted by Crippen LogP contribution is -2.29. The van der Waals surface area contributed by atoms with E-state index in [0.29, 0.717) is 0 Å². The van der Waals surface area contributed by atoms with Gasteiger partial charge in [0, 0.05) is 11.9 Å². The number of hydrogen-bond donors (Lipinski definition) is 0. The van der Waals surface area contributed by atoms with Crippen LogP contribution in [0.5, 0.6) is 0 Å². The van der Waals surface area contributed by atoms with Crippen molar-refractivity contribution in [3.8, 4) is 0 Å². The summed E-state index contributed by atoms with van der Waals surface area (Å²) < 4.78 is 0. The van der Waals surface area contributed by atoms with E-state index in [1.807, 2.05) is 41.8 Å². The molecule has 1 atom stereocenters. The molecule has 2 rings (SSSR count). The Hall–Kier alpha value is -1.13. The Kier molecular flexibility index (Phi) is 3.64. The third-order valence-electron chi connectivity index (χ3n) is 2.91. The molecule has 2 heterocycles. The van der Waals surface area contributed by atoms with Crippen molar-refractivity contribution in [3.63, 3.8) is 0 Å². The second-order valence-electron chi connectivity index (χ2n) is 4.04. The molecule has 0 aliphatic rings. The van der Waals surface area contributed by atoms with Gasteiger partial charge in [0.15, 0.2) is 0 Å². The number of carbonyl (C=O) groups excluding carboxylic acids is 1. The summed E-state index contributed by atoms with van der Waals surface area (Å²) in [7, 11) is 1.87. The van der Waals surface area contributed by atoms with Gasteiger partial charge in [0.05, 0.1) is 10.9 Å². The van der Waals surface area contributed by atoms with Crippen LogP contribution in [0, 0.1) is 6.92 Å². The summed E-state index contributed by atoms with van der Waals surface area (Å²) in [5.41, 5.74) is 1.06. The number of rotatable bonds is 3. The van der Waals surface area contributed by atoms with Crippen LogP contribution in [0.4, 0.5) is 0 Å². The van der Waals surface area contributed by atoms with Crippen molar-refractivity contribution in [2.75, 3.05) is 7.05 Å². The normalized spacial score (nSPS) is 12.4. The standard InChI is InChI=1S/C13H15NOS2/c1-9-6-8-17-12(9)13(15)14(3)10(2)11-5-4-7-16-11/h4-8,10H,1-3H3. The number of aryl methyl sites for hydroxylation is 1. The fourth-order valence-corrected chi connectivity index (χ4v) is 3.38. The highest BCUT2D eigenvalue weighted by Gasteiger charge is 2.21. The highest BCUT2D eigenvalue weighted by Crippen LogP contribution is 2.26. The van der Waals surface area contributed by atoms with Gasteiger partial charge in [0.2, 0.25) is 0 Å². The Bertz CT molecular complexity index is 501. The molecule has 0 aliphatic carbocycles. The van der Waals surface area contributed by atoms with Gasteiger partial charge in [-0.2, -0.15) is 0 Å². The summed E-state index contributed by atoms with van der Waals surface area (Å²) in [6.07, 6.45) is 0. The van der Waals surface area contributed by atoms with E-state index in [9.17, 15) is 4.79 Å². The van der Waals surface area contributed by atoms with Crippen LogP contribution in [0.25, 0.3) is 0 Å². The van der Waals surface area contributed by atoms with Gasteiger partial charge in [-0.05, 0) is 42.3 Å². The van der Waals surface area contributed by atoms with E-state index in [1.165, 1.54) is 16.2 Å². The van der Waals surface area contributed by atoms with Gasteiger partial charge < -0.3 is 4.90 Å². The van der Waals surface area contributed by atoms with Crippen LogP contribution in [-0.4, -0.2) is 17.9 Å².